The molecule has 4 aliphatic carbocycles. The summed E-state index contributed by atoms with van der Waals surface area (Å²) in [5, 5.41) is 13.7. The summed E-state index contributed by atoms with van der Waals surface area (Å²) < 4.78 is 0. The Morgan fingerprint density at radius 1 is 1.12 bits per heavy atom. The SMILES string of the molecule is CC1=CCC(NC2=CC=C(O)[C@@H]3C(=O)C4=C(C=CCC4)C(=O)C23)C=C1. The molecule has 0 radical (unpaired) electrons. The van der Waals surface area contributed by atoms with Gasteiger partial charge >= 0.3 is 0 Å². The second-order valence-corrected chi connectivity index (χ2v) is 7.02. The Morgan fingerprint density at radius 2 is 1.96 bits per heavy atom. The van der Waals surface area contributed by atoms with Crippen LogP contribution in [0.5, 0.6) is 0 Å². The highest BCUT2D eigenvalue weighted by Crippen LogP contribution is 2.41. The average molecular weight is 335 g/mol. The van der Waals surface area contributed by atoms with Crippen molar-refractivity contribution in [1.29, 1.82) is 0 Å². The van der Waals surface area contributed by atoms with E-state index in [0.29, 0.717) is 23.3 Å². The maximum Gasteiger partial charge on any atom is 0.173 e. The summed E-state index contributed by atoms with van der Waals surface area (Å²) in [6.07, 6.45) is 15.4. The van der Waals surface area contributed by atoms with Crippen LogP contribution in [0.4, 0.5) is 0 Å². The minimum Gasteiger partial charge on any atom is -0.512 e. The van der Waals surface area contributed by atoms with Crippen molar-refractivity contribution in [2.24, 2.45) is 11.8 Å². The van der Waals surface area contributed by atoms with E-state index in [1.54, 1.807) is 18.2 Å². The van der Waals surface area contributed by atoms with Gasteiger partial charge in [-0.2, -0.15) is 0 Å². The van der Waals surface area contributed by atoms with Crippen molar-refractivity contribution in [2.45, 2.75) is 32.2 Å². The number of ketones is 2. The van der Waals surface area contributed by atoms with Crippen molar-refractivity contribution in [3.63, 3.8) is 0 Å². The number of hydrogen-bond donors (Lipinski definition) is 2. The molecule has 2 N–H and O–H groups in total. The van der Waals surface area contributed by atoms with Crippen molar-refractivity contribution in [3.05, 3.63) is 70.7 Å². The zero-order chi connectivity index (χ0) is 17.6. The van der Waals surface area contributed by atoms with Gasteiger partial charge in [0.2, 0.25) is 0 Å². The molecule has 0 amide bonds. The molecule has 0 saturated heterocycles. The number of nitrogens with one attached hydrogen (secondary N) is 1. The van der Waals surface area contributed by atoms with Crippen molar-refractivity contribution >= 4 is 11.6 Å². The molecule has 0 aromatic rings. The fourth-order valence-corrected chi connectivity index (χ4v) is 4.00. The molecule has 0 aromatic heterocycles. The summed E-state index contributed by atoms with van der Waals surface area (Å²) in [5.74, 6) is -1.63. The minimum atomic E-state index is -0.782. The number of fused-ring (bicyclic) bond motifs is 1. The van der Waals surface area contributed by atoms with Gasteiger partial charge < -0.3 is 10.4 Å². The Labute approximate surface area is 147 Å². The zero-order valence-electron chi connectivity index (χ0n) is 14.2. The number of carbonyl (C=O) groups excluding carboxylic acids is 2. The van der Waals surface area contributed by atoms with Crippen LogP contribution in [0, 0.1) is 11.8 Å². The molecule has 4 nitrogen and oxygen atoms in total. The Balaban J connectivity index is 1.68. The Bertz CT molecular complexity index is 835. The summed E-state index contributed by atoms with van der Waals surface area (Å²) in [4.78, 5) is 26.0. The molecular formula is C21H21NO3. The van der Waals surface area contributed by atoms with E-state index in [1.165, 1.54) is 5.57 Å². The van der Waals surface area contributed by atoms with Gasteiger partial charge in [0.25, 0.3) is 0 Å². The minimum absolute atomic E-state index is 0.00932. The van der Waals surface area contributed by atoms with Gasteiger partial charge in [0.15, 0.2) is 11.6 Å². The van der Waals surface area contributed by atoms with Crippen LogP contribution in [0.1, 0.15) is 26.2 Å². The van der Waals surface area contributed by atoms with E-state index in [9.17, 15) is 14.7 Å². The molecule has 0 heterocycles. The number of Topliss-reactive ketones (excluding diaryl/α,β-unsaturated/α-hetero) is 2. The zero-order valence-corrected chi connectivity index (χ0v) is 14.2. The fourth-order valence-electron chi connectivity index (χ4n) is 4.00. The first-order chi connectivity index (χ1) is 12.1. The highest BCUT2D eigenvalue weighted by molar-refractivity contribution is 6.17. The maximum atomic E-state index is 13.1. The molecule has 4 rings (SSSR count). The summed E-state index contributed by atoms with van der Waals surface area (Å²) in [5.41, 5.74) is 3.03. The van der Waals surface area contributed by atoms with E-state index < -0.39 is 11.8 Å². The number of allylic oxidation sites excluding steroid dienone is 10. The smallest absolute Gasteiger partial charge is 0.173 e. The molecule has 0 aliphatic heterocycles. The molecule has 0 spiro atoms. The molecule has 25 heavy (non-hydrogen) atoms. The van der Waals surface area contributed by atoms with Gasteiger partial charge in [-0.15, -0.1) is 0 Å². The highest BCUT2D eigenvalue weighted by atomic mass is 16.3. The summed E-state index contributed by atoms with van der Waals surface area (Å²) >= 11 is 0. The molecule has 4 heteroatoms. The average Bonchev–Trinajstić information content (AvgIpc) is 2.63. The predicted octanol–water partition coefficient (Wildman–Crippen LogP) is 3.22. The van der Waals surface area contributed by atoms with Crippen LogP contribution in [-0.2, 0) is 9.59 Å². The lowest BCUT2D eigenvalue weighted by Gasteiger charge is -2.37. The third kappa shape index (κ3) is 2.62. The van der Waals surface area contributed by atoms with Crippen LogP contribution >= 0.6 is 0 Å². The molecule has 128 valence electrons. The van der Waals surface area contributed by atoms with Crippen LogP contribution in [0.2, 0.25) is 0 Å². The number of aliphatic hydroxyl groups excluding tert-OH is 1. The second-order valence-electron chi connectivity index (χ2n) is 7.02. The maximum absolute atomic E-state index is 13.1. The van der Waals surface area contributed by atoms with Crippen molar-refractivity contribution in [3.8, 4) is 0 Å². The predicted molar refractivity (Wildman–Crippen MR) is 95.6 cm³/mol. The molecule has 0 fully saturated rings. The Hall–Kier alpha value is -2.62. The lowest BCUT2D eigenvalue weighted by atomic mass is 9.68. The van der Waals surface area contributed by atoms with Crippen LogP contribution in [0.15, 0.2) is 70.7 Å². The van der Waals surface area contributed by atoms with Crippen LogP contribution in [0.25, 0.3) is 0 Å². The van der Waals surface area contributed by atoms with Crippen molar-refractivity contribution in [2.75, 3.05) is 0 Å². The van der Waals surface area contributed by atoms with Crippen LogP contribution in [0.3, 0.4) is 0 Å². The Kier molecular flexibility index (Phi) is 3.83. The molecule has 0 aromatic carbocycles. The van der Waals surface area contributed by atoms with E-state index in [1.807, 2.05) is 12.2 Å². The second kappa shape index (κ2) is 6.03. The van der Waals surface area contributed by atoms with Crippen LogP contribution in [-0.4, -0.2) is 22.7 Å². The third-order valence-electron chi connectivity index (χ3n) is 5.36. The molecule has 2 unspecified atom stereocenters. The van der Waals surface area contributed by atoms with Gasteiger partial charge in [0, 0.05) is 22.9 Å². The van der Waals surface area contributed by atoms with Gasteiger partial charge in [-0.3, -0.25) is 9.59 Å². The van der Waals surface area contributed by atoms with E-state index in [0.717, 1.165) is 12.8 Å². The van der Waals surface area contributed by atoms with Gasteiger partial charge in [0.05, 0.1) is 11.8 Å². The molecule has 4 aliphatic rings. The Morgan fingerprint density at radius 3 is 2.72 bits per heavy atom. The molecule has 3 atom stereocenters. The van der Waals surface area contributed by atoms with Crippen LogP contribution < -0.4 is 5.32 Å². The summed E-state index contributed by atoms with van der Waals surface area (Å²) in [6.45, 7) is 2.05. The third-order valence-corrected chi connectivity index (χ3v) is 5.36. The highest BCUT2D eigenvalue weighted by Gasteiger charge is 2.47. The summed E-state index contributed by atoms with van der Waals surface area (Å²) in [6, 6.07) is 0.0874. The first-order valence-corrected chi connectivity index (χ1v) is 8.76. The molecule has 0 bridgehead atoms. The van der Waals surface area contributed by atoms with Crippen molar-refractivity contribution < 1.29 is 14.7 Å². The first-order valence-electron chi connectivity index (χ1n) is 8.76. The monoisotopic (exact) mass is 335 g/mol. The van der Waals surface area contributed by atoms with Gasteiger partial charge in [-0.1, -0.05) is 36.0 Å². The quantitative estimate of drug-likeness (QED) is 0.813. The lowest BCUT2D eigenvalue weighted by molar-refractivity contribution is -0.129. The summed E-state index contributed by atoms with van der Waals surface area (Å²) in [7, 11) is 0. The van der Waals surface area contributed by atoms with Gasteiger partial charge in [0.1, 0.15) is 5.76 Å². The lowest BCUT2D eigenvalue weighted by Crippen LogP contribution is -2.45. The standard InChI is InChI=1S/C21H21NO3/c1-12-6-8-13(9-7-12)22-16-10-11-17(23)19-18(16)20(24)14-4-2-3-5-15(14)21(19)25/h2,4,6-8,10-11,13,18-19,22-23H,3,5,9H2,1H3/t13?,18?,19-/m0/s1. The van der Waals surface area contributed by atoms with E-state index in [4.69, 9.17) is 0 Å². The number of carbonyl (C=O) groups is 2. The van der Waals surface area contributed by atoms with Gasteiger partial charge in [-0.05, 0) is 38.3 Å². The van der Waals surface area contributed by atoms with Crippen molar-refractivity contribution in [1.82, 2.24) is 5.32 Å². The number of aliphatic hydroxyl groups is 1. The van der Waals surface area contributed by atoms with Gasteiger partial charge in [-0.25, -0.2) is 0 Å². The number of hydrogen-bond acceptors (Lipinski definition) is 4. The molecular weight excluding hydrogens is 314 g/mol. The molecule has 0 saturated carbocycles. The first kappa shape index (κ1) is 15.9. The topological polar surface area (TPSA) is 66.4 Å². The van der Waals surface area contributed by atoms with E-state index >= 15 is 0 Å². The normalized spacial score (nSPS) is 31.1. The fraction of sp³-hybridized carbons (Fsp3) is 0.333. The largest absolute Gasteiger partial charge is 0.512 e. The van der Waals surface area contributed by atoms with E-state index in [2.05, 4.69) is 24.4 Å². The number of rotatable bonds is 2. The van der Waals surface area contributed by atoms with E-state index in [-0.39, 0.29) is 23.4 Å².